The number of aryl methyl sites for hydroxylation is 1. The van der Waals surface area contributed by atoms with Crippen molar-refractivity contribution in [1.82, 2.24) is 9.21 Å². The minimum Gasteiger partial charge on any atom is -0.497 e. The summed E-state index contributed by atoms with van der Waals surface area (Å²) >= 11 is 0. The molecule has 0 spiro atoms. The van der Waals surface area contributed by atoms with Crippen molar-refractivity contribution in [3.63, 3.8) is 0 Å². The lowest BCUT2D eigenvalue weighted by atomic mass is 9.85. The number of sulfonamides is 1. The molecule has 0 bridgehead atoms. The van der Waals surface area contributed by atoms with E-state index in [1.807, 2.05) is 35.2 Å². The number of carbonyl (C=O) groups excluding carboxylic acids is 1. The van der Waals surface area contributed by atoms with Crippen LogP contribution >= 0.6 is 0 Å². The minimum atomic E-state index is -3.66. The standard InChI is InChI=1S/C30H36N2O4S/c1-24-8-10-25(11-9-24)20-31(23-33)28-16-12-26(13-17-28)21-32(22-27-14-18-29(36-2)19-15-27)37(34,35)30-6-4-3-5-7-30/h3-11,14-15,18-19,23,26,28H,12-13,16-17,20-22H2,1-2H3. The molecule has 3 aromatic carbocycles. The van der Waals surface area contributed by atoms with Crippen LogP contribution in [0, 0.1) is 12.8 Å². The van der Waals surface area contributed by atoms with Crippen LogP contribution in [0.4, 0.5) is 0 Å². The third kappa shape index (κ3) is 6.99. The van der Waals surface area contributed by atoms with Gasteiger partial charge in [-0.2, -0.15) is 4.31 Å². The Kier molecular flexibility index (Phi) is 9.00. The second-order valence-electron chi connectivity index (χ2n) is 9.90. The van der Waals surface area contributed by atoms with Gasteiger partial charge in [-0.3, -0.25) is 4.79 Å². The van der Waals surface area contributed by atoms with Crippen molar-refractivity contribution in [3.8, 4) is 5.75 Å². The maximum absolute atomic E-state index is 13.6. The molecule has 4 rings (SSSR count). The molecule has 37 heavy (non-hydrogen) atoms. The summed E-state index contributed by atoms with van der Waals surface area (Å²) in [5.41, 5.74) is 3.24. The van der Waals surface area contributed by atoms with Gasteiger partial charge in [0.25, 0.3) is 0 Å². The molecule has 1 aliphatic rings. The first-order chi connectivity index (χ1) is 17.9. The topological polar surface area (TPSA) is 66.9 Å². The fourth-order valence-corrected chi connectivity index (χ4v) is 6.55. The van der Waals surface area contributed by atoms with Gasteiger partial charge in [0.2, 0.25) is 16.4 Å². The Morgan fingerprint density at radius 1 is 0.838 bits per heavy atom. The monoisotopic (exact) mass is 520 g/mol. The number of carbonyl (C=O) groups is 1. The van der Waals surface area contributed by atoms with E-state index >= 15 is 0 Å². The smallest absolute Gasteiger partial charge is 0.243 e. The number of benzene rings is 3. The molecule has 1 saturated carbocycles. The molecule has 0 aliphatic heterocycles. The van der Waals surface area contributed by atoms with E-state index in [1.54, 1.807) is 35.7 Å². The number of hydrogen-bond acceptors (Lipinski definition) is 4. The predicted molar refractivity (Wildman–Crippen MR) is 146 cm³/mol. The zero-order valence-electron chi connectivity index (χ0n) is 21.6. The quantitative estimate of drug-likeness (QED) is 0.317. The van der Waals surface area contributed by atoms with Crippen molar-refractivity contribution in [2.75, 3.05) is 13.7 Å². The Morgan fingerprint density at radius 3 is 2.03 bits per heavy atom. The zero-order valence-corrected chi connectivity index (χ0v) is 22.4. The molecule has 0 radical (unpaired) electrons. The van der Waals surface area contributed by atoms with Gasteiger partial charge >= 0.3 is 0 Å². The average molecular weight is 521 g/mol. The van der Waals surface area contributed by atoms with Crippen molar-refractivity contribution in [2.24, 2.45) is 5.92 Å². The van der Waals surface area contributed by atoms with Gasteiger partial charge < -0.3 is 9.64 Å². The predicted octanol–water partition coefficient (Wildman–Crippen LogP) is 5.41. The molecule has 0 aromatic heterocycles. The van der Waals surface area contributed by atoms with Crippen LogP contribution in [-0.2, 0) is 27.9 Å². The number of hydrogen-bond donors (Lipinski definition) is 0. The van der Waals surface area contributed by atoms with Gasteiger partial charge in [0.05, 0.1) is 12.0 Å². The van der Waals surface area contributed by atoms with Crippen molar-refractivity contribution >= 4 is 16.4 Å². The zero-order chi connectivity index (χ0) is 26.3. The highest BCUT2D eigenvalue weighted by Gasteiger charge is 2.31. The van der Waals surface area contributed by atoms with Crippen LogP contribution in [0.3, 0.4) is 0 Å². The van der Waals surface area contributed by atoms with Crippen LogP contribution in [0.25, 0.3) is 0 Å². The molecule has 6 nitrogen and oxygen atoms in total. The van der Waals surface area contributed by atoms with Gasteiger partial charge in [-0.25, -0.2) is 8.42 Å². The number of nitrogens with zero attached hydrogens (tertiary/aromatic N) is 2. The van der Waals surface area contributed by atoms with Crippen molar-refractivity contribution in [2.45, 2.75) is 56.6 Å². The molecule has 3 aromatic rings. The van der Waals surface area contributed by atoms with E-state index in [1.165, 1.54) is 5.56 Å². The summed E-state index contributed by atoms with van der Waals surface area (Å²) in [6, 6.07) is 24.6. The van der Waals surface area contributed by atoms with Crippen molar-refractivity contribution < 1.29 is 17.9 Å². The number of ether oxygens (including phenoxy) is 1. The summed E-state index contributed by atoms with van der Waals surface area (Å²) in [5, 5.41) is 0. The second kappa shape index (κ2) is 12.4. The maximum atomic E-state index is 13.6. The lowest BCUT2D eigenvalue weighted by Gasteiger charge is -2.36. The first-order valence-corrected chi connectivity index (χ1v) is 14.3. The fourth-order valence-electron chi connectivity index (χ4n) is 5.03. The molecule has 0 N–H and O–H groups in total. The highest BCUT2D eigenvalue weighted by molar-refractivity contribution is 7.89. The van der Waals surface area contributed by atoms with Crippen LogP contribution in [0.2, 0.25) is 0 Å². The van der Waals surface area contributed by atoms with Crippen LogP contribution in [0.5, 0.6) is 5.75 Å². The first-order valence-electron chi connectivity index (χ1n) is 12.8. The van der Waals surface area contributed by atoms with Gasteiger partial charge in [-0.15, -0.1) is 0 Å². The normalized spacial score (nSPS) is 17.9. The molecule has 0 unspecified atom stereocenters. The van der Waals surface area contributed by atoms with Crippen LogP contribution in [0.15, 0.2) is 83.8 Å². The summed E-state index contributed by atoms with van der Waals surface area (Å²) in [4.78, 5) is 14.1. The largest absolute Gasteiger partial charge is 0.497 e. The molecule has 1 amide bonds. The molecular formula is C30H36N2O4S. The molecule has 7 heteroatoms. The molecule has 0 atom stereocenters. The summed E-state index contributed by atoms with van der Waals surface area (Å²) in [5.74, 6) is 0.978. The van der Waals surface area contributed by atoms with Crippen LogP contribution < -0.4 is 4.74 Å². The highest BCUT2D eigenvalue weighted by atomic mass is 32.2. The third-order valence-corrected chi connectivity index (χ3v) is 9.09. The molecular weight excluding hydrogens is 484 g/mol. The third-order valence-electron chi connectivity index (χ3n) is 7.27. The van der Waals surface area contributed by atoms with Crippen molar-refractivity contribution in [3.05, 3.63) is 95.6 Å². The van der Waals surface area contributed by atoms with E-state index in [4.69, 9.17) is 4.74 Å². The SMILES string of the molecule is COc1ccc(CN(CC2CCC(N(C=O)Cc3ccc(C)cc3)CC2)S(=O)(=O)c2ccccc2)cc1. The average Bonchev–Trinajstić information content (AvgIpc) is 2.94. The second-order valence-corrected chi connectivity index (χ2v) is 11.8. The Hall–Kier alpha value is -3.16. The first kappa shape index (κ1) is 26.9. The Labute approximate surface area is 220 Å². The van der Waals surface area contributed by atoms with E-state index in [0.29, 0.717) is 24.5 Å². The van der Waals surface area contributed by atoms with Gasteiger partial charge in [0.15, 0.2) is 0 Å². The summed E-state index contributed by atoms with van der Waals surface area (Å²) < 4.78 is 34.1. The molecule has 1 fully saturated rings. The van der Waals surface area contributed by atoms with Gasteiger partial charge in [-0.1, -0.05) is 60.2 Å². The lowest BCUT2D eigenvalue weighted by molar-refractivity contribution is -0.121. The van der Waals surface area contributed by atoms with E-state index < -0.39 is 10.0 Å². The van der Waals surface area contributed by atoms with E-state index in [-0.39, 0.29) is 12.0 Å². The fraction of sp³-hybridized carbons (Fsp3) is 0.367. The maximum Gasteiger partial charge on any atom is 0.243 e. The minimum absolute atomic E-state index is 0.177. The van der Waals surface area contributed by atoms with Crippen molar-refractivity contribution in [1.29, 1.82) is 0 Å². The van der Waals surface area contributed by atoms with Gasteiger partial charge in [0, 0.05) is 25.7 Å². The van der Waals surface area contributed by atoms with Gasteiger partial charge in [0.1, 0.15) is 5.75 Å². The van der Waals surface area contributed by atoms with Gasteiger partial charge in [-0.05, 0) is 73.9 Å². The number of amides is 1. The molecule has 0 heterocycles. The Balaban J connectivity index is 1.44. The molecule has 1 aliphatic carbocycles. The summed E-state index contributed by atoms with van der Waals surface area (Å²) in [7, 11) is -2.04. The Bertz CT molecular complexity index is 1240. The molecule has 0 saturated heterocycles. The summed E-state index contributed by atoms with van der Waals surface area (Å²) in [6.07, 6.45) is 4.47. The van der Waals surface area contributed by atoms with E-state index in [9.17, 15) is 13.2 Å². The van der Waals surface area contributed by atoms with Crippen LogP contribution in [0.1, 0.15) is 42.4 Å². The summed E-state index contributed by atoms with van der Waals surface area (Å²) in [6.45, 7) is 3.41. The number of rotatable bonds is 11. The lowest BCUT2D eigenvalue weighted by Crippen LogP contribution is -2.40. The van der Waals surface area contributed by atoms with Crippen LogP contribution in [-0.4, -0.2) is 43.7 Å². The number of methoxy groups -OCH3 is 1. The molecule has 196 valence electrons. The Morgan fingerprint density at radius 2 is 1.43 bits per heavy atom. The van der Waals surface area contributed by atoms with E-state index in [2.05, 4.69) is 31.2 Å². The van der Waals surface area contributed by atoms with E-state index in [0.717, 1.165) is 49.0 Å². The highest BCUT2D eigenvalue weighted by Crippen LogP contribution is 2.31.